The van der Waals surface area contributed by atoms with E-state index in [1.54, 1.807) is 31.2 Å². The molecule has 6 heteroatoms. The molecular formula is C15H15ClN2O2S. The van der Waals surface area contributed by atoms with Gasteiger partial charge in [0, 0.05) is 11.4 Å². The molecule has 3 N–H and O–H groups in total. The van der Waals surface area contributed by atoms with Crippen molar-refractivity contribution in [2.45, 2.75) is 17.1 Å². The van der Waals surface area contributed by atoms with Crippen LogP contribution in [0.1, 0.15) is 6.92 Å². The van der Waals surface area contributed by atoms with Crippen molar-refractivity contribution in [1.29, 1.82) is 0 Å². The van der Waals surface area contributed by atoms with E-state index >= 15 is 0 Å². The number of amides is 1. The molecule has 1 amide bonds. The highest BCUT2D eigenvalue weighted by Gasteiger charge is 2.23. The predicted molar refractivity (Wildman–Crippen MR) is 86.8 cm³/mol. The second kappa shape index (κ2) is 6.74. The Morgan fingerprint density at radius 1 is 1.24 bits per heavy atom. The van der Waals surface area contributed by atoms with Crippen LogP contribution in [0.4, 0.5) is 11.4 Å². The minimum Gasteiger partial charge on any atom is -0.399 e. The molecule has 0 spiro atoms. The van der Waals surface area contributed by atoms with E-state index in [1.807, 2.05) is 18.2 Å². The van der Waals surface area contributed by atoms with Crippen LogP contribution in [0.5, 0.6) is 0 Å². The lowest BCUT2D eigenvalue weighted by Crippen LogP contribution is -2.29. The van der Waals surface area contributed by atoms with Gasteiger partial charge in [0.25, 0.3) is 0 Å². The molecule has 2 aromatic rings. The van der Waals surface area contributed by atoms with Gasteiger partial charge in [-0.3, -0.25) is 9.00 Å². The molecule has 0 aliphatic rings. The van der Waals surface area contributed by atoms with Crippen LogP contribution in [-0.4, -0.2) is 15.4 Å². The smallest absolute Gasteiger partial charge is 0.240 e. The summed E-state index contributed by atoms with van der Waals surface area (Å²) in [5.74, 6) is -0.335. The van der Waals surface area contributed by atoms with Gasteiger partial charge in [0.05, 0.1) is 20.7 Å². The van der Waals surface area contributed by atoms with Crippen LogP contribution in [0.15, 0.2) is 53.4 Å². The van der Waals surface area contributed by atoms with Crippen LogP contribution in [0.2, 0.25) is 5.02 Å². The lowest BCUT2D eigenvalue weighted by atomic mass is 10.3. The predicted octanol–water partition coefficient (Wildman–Crippen LogP) is 3.06. The first-order valence-corrected chi connectivity index (χ1v) is 7.89. The van der Waals surface area contributed by atoms with Crippen molar-refractivity contribution in [2.24, 2.45) is 0 Å². The van der Waals surface area contributed by atoms with Crippen LogP contribution in [0, 0.1) is 0 Å². The summed E-state index contributed by atoms with van der Waals surface area (Å²) in [5.41, 5.74) is 6.79. The molecule has 0 saturated carbocycles. The second-order valence-electron chi connectivity index (χ2n) is 4.48. The van der Waals surface area contributed by atoms with Gasteiger partial charge < -0.3 is 11.1 Å². The summed E-state index contributed by atoms with van der Waals surface area (Å²) in [6.45, 7) is 1.59. The average Bonchev–Trinajstić information content (AvgIpc) is 2.49. The maximum Gasteiger partial charge on any atom is 0.240 e. The number of halogens is 1. The van der Waals surface area contributed by atoms with E-state index in [9.17, 15) is 9.00 Å². The first-order chi connectivity index (χ1) is 9.99. The third kappa shape index (κ3) is 3.83. The van der Waals surface area contributed by atoms with E-state index < -0.39 is 16.0 Å². The number of hydrogen-bond donors (Lipinski definition) is 2. The first kappa shape index (κ1) is 15.5. The number of nitrogens with two attached hydrogens (primary N) is 1. The molecule has 2 unspecified atom stereocenters. The molecule has 2 atom stereocenters. The number of carbonyl (C=O) groups excluding carboxylic acids is 1. The van der Waals surface area contributed by atoms with Gasteiger partial charge in [-0.25, -0.2) is 0 Å². The maximum absolute atomic E-state index is 12.5. The Morgan fingerprint density at radius 3 is 2.57 bits per heavy atom. The largest absolute Gasteiger partial charge is 0.399 e. The molecule has 2 aromatic carbocycles. The molecule has 0 radical (unpaired) electrons. The molecule has 0 aliphatic carbocycles. The molecule has 0 heterocycles. The molecule has 2 rings (SSSR count). The highest BCUT2D eigenvalue weighted by atomic mass is 35.5. The van der Waals surface area contributed by atoms with Crippen molar-refractivity contribution in [2.75, 3.05) is 11.1 Å². The topological polar surface area (TPSA) is 72.2 Å². The van der Waals surface area contributed by atoms with Gasteiger partial charge >= 0.3 is 0 Å². The average molecular weight is 323 g/mol. The molecule has 4 nitrogen and oxygen atoms in total. The Labute approximate surface area is 130 Å². The Kier molecular flexibility index (Phi) is 4.98. The Bertz CT molecular complexity index is 677. The van der Waals surface area contributed by atoms with E-state index in [-0.39, 0.29) is 5.91 Å². The van der Waals surface area contributed by atoms with Gasteiger partial charge in [0.2, 0.25) is 5.91 Å². The van der Waals surface area contributed by atoms with Gasteiger partial charge in [-0.1, -0.05) is 29.8 Å². The van der Waals surface area contributed by atoms with Crippen molar-refractivity contribution in [1.82, 2.24) is 0 Å². The van der Waals surface area contributed by atoms with Crippen molar-refractivity contribution in [3.63, 3.8) is 0 Å². The Morgan fingerprint density at radius 2 is 1.90 bits per heavy atom. The number of benzene rings is 2. The van der Waals surface area contributed by atoms with E-state index in [1.165, 1.54) is 6.07 Å². The third-order valence-electron chi connectivity index (χ3n) is 2.90. The zero-order valence-corrected chi connectivity index (χ0v) is 12.9. The van der Waals surface area contributed by atoms with E-state index in [0.717, 1.165) is 0 Å². The molecular weight excluding hydrogens is 308 g/mol. The van der Waals surface area contributed by atoms with Crippen LogP contribution < -0.4 is 11.1 Å². The standard InChI is InChI=1S/C15H15ClN2O2S/c1-10(15(19)18-12-5-3-2-4-6-12)21(20)14-9-11(17)7-8-13(14)16/h2-10H,17H2,1H3,(H,18,19). The molecule has 0 fully saturated rings. The molecule has 21 heavy (non-hydrogen) atoms. The normalized spacial score (nSPS) is 13.4. The fraction of sp³-hybridized carbons (Fsp3) is 0.133. The molecule has 0 bridgehead atoms. The third-order valence-corrected chi connectivity index (χ3v) is 4.97. The van der Waals surface area contributed by atoms with Crippen molar-refractivity contribution >= 4 is 39.7 Å². The molecule has 110 valence electrons. The summed E-state index contributed by atoms with van der Waals surface area (Å²) in [7, 11) is -1.58. The zero-order valence-electron chi connectivity index (χ0n) is 11.4. The van der Waals surface area contributed by atoms with Gasteiger partial charge in [-0.15, -0.1) is 0 Å². The first-order valence-electron chi connectivity index (χ1n) is 6.30. The summed E-state index contributed by atoms with van der Waals surface area (Å²) < 4.78 is 12.5. The van der Waals surface area contributed by atoms with Crippen LogP contribution >= 0.6 is 11.6 Å². The number of rotatable bonds is 4. The van der Waals surface area contributed by atoms with Crippen LogP contribution in [0.3, 0.4) is 0 Å². The number of anilines is 2. The number of nitrogens with one attached hydrogen (secondary N) is 1. The van der Waals surface area contributed by atoms with Gasteiger partial charge in [0.15, 0.2) is 0 Å². The number of hydrogen-bond acceptors (Lipinski definition) is 3. The fourth-order valence-electron chi connectivity index (χ4n) is 1.73. The Hall–Kier alpha value is -1.85. The van der Waals surface area contributed by atoms with Crippen molar-refractivity contribution in [3.8, 4) is 0 Å². The van der Waals surface area contributed by atoms with Gasteiger partial charge in [-0.05, 0) is 37.3 Å². The highest BCUT2D eigenvalue weighted by Crippen LogP contribution is 2.24. The summed E-state index contributed by atoms with van der Waals surface area (Å²) in [6, 6.07) is 13.7. The van der Waals surface area contributed by atoms with Crippen molar-refractivity contribution in [3.05, 3.63) is 53.6 Å². The second-order valence-corrected chi connectivity index (χ2v) is 6.63. The lowest BCUT2D eigenvalue weighted by molar-refractivity contribution is -0.115. The van der Waals surface area contributed by atoms with Gasteiger partial charge in [0.1, 0.15) is 5.25 Å². The SMILES string of the molecule is CC(C(=O)Nc1ccccc1)S(=O)c1cc(N)ccc1Cl. The van der Waals surface area contributed by atoms with Crippen molar-refractivity contribution < 1.29 is 9.00 Å². The van der Waals surface area contributed by atoms with E-state index in [4.69, 9.17) is 17.3 Å². The zero-order chi connectivity index (χ0) is 15.4. The van der Waals surface area contributed by atoms with Crippen LogP contribution in [-0.2, 0) is 15.6 Å². The van der Waals surface area contributed by atoms with E-state index in [0.29, 0.717) is 21.3 Å². The van der Waals surface area contributed by atoms with E-state index in [2.05, 4.69) is 5.32 Å². The number of para-hydroxylation sites is 1. The summed E-state index contributed by atoms with van der Waals surface area (Å²) in [5, 5.41) is 2.31. The molecule has 0 saturated heterocycles. The van der Waals surface area contributed by atoms with Crippen LogP contribution in [0.25, 0.3) is 0 Å². The number of nitrogen functional groups attached to an aromatic ring is 1. The fourth-order valence-corrected chi connectivity index (χ4v) is 3.22. The van der Waals surface area contributed by atoms with Gasteiger partial charge in [-0.2, -0.15) is 0 Å². The maximum atomic E-state index is 12.5. The summed E-state index contributed by atoms with van der Waals surface area (Å²) >= 11 is 6.02. The summed E-state index contributed by atoms with van der Waals surface area (Å²) in [6.07, 6.45) is 0. The monoisotopic (exact) mass is 322 g/mol. The minimum absolute atomic E-state index is 0.335. The minimum atomic E-state index is -1.58. The number of carbonyl (C=O) groups is 1. The molecule has 0 aromatic heterocycles. The Balaban J connectivity index is 2.15. The molecule has 0 aliphatic heterocycles. The summed E-state index contributed by atoms with van der Waals surface area (Å²) in [4.78, 5) is 12.5. The lowest BCUT2D eigenvalue weighted by Gasteiger charge is -2.13. The highest BCUT2D eigenvalue weighted by molar-refractivity contribution is 7.86. The quantitative estimate of drug-likeness (QED) is 0.850.